The summed E-state index contributed by atoms with van der Waals surface area (Å²) in [5.41, 5.74) is 2.80. The number of benzene rings is 2. The number of nitrogens with zero attached hydrogens (tertiary/aromatic N) is 6. The minimum atomic E-state index is -0.369. The van der Waals surface area contributed by atoms with Crippen LogP contribution >= 0.6 is 0 Å². The van der Waals surface area contributed by atoms with E-state index < -0.39 is 0 Å². The van der Waals surface area contributed by atoms with Crippen molar-refractivity contribution < 1.29 is 9.72 Å². The molecular formula is C21H23N7O3. The molecule has 0 saturated carbocycles. The Bertz CT molecular complexity index is 1030. The van der Waals surface area contributed by atoms with Gasteiger partial charge in [-0.1, -0.05) is 36.4 Å². The van der Waals surface area contributed by atoms with E-state index >= 15 is 0 Å². The van der Waals surface area contributed by atoms with Crippen LogP contribution in [0.3, 0.4) is 0 Å². The number of hydrogen-bond acceptors (Lipinski definition) is 6. The van der Waals surface area contributed by atoms with Gasteiger partial charge in [0.15, 0.2) is 0 Å². The number of nitrogens with one attached hydrogen (secondary N) is 1. The number of urea groups is 1. The van der Waals surface area contributed by atoms with E-state index in [4.69, 9.17) is 0 Å². The van der Waals surface area contributed by atoms with Crippen LogP contribution in [0.15, 0.2) is 61.2 Å². The van der Waals surface area contributed by atoms with E-state index in [-0.39, 0.29) is 16.6 Å². The second-order valence-electron chi connectivity index (χ2n) is 7.29. The lowest BCUT2D eigenvalue weighted by Gasteiger charge is -2.35. The van der Waals surface area contributed by atoms with Gasteiger partial charge >= 0.3 is 6.03 Å². The second kappa shape index (κ2) is 9.24. The normalized spacial score (nSPS) is 13.8. The van der Waals surface area contributed by atoms with Crippen molar-refractivity contribution in [3.8, 4) is 0 Å². The Hall–Kier alpha value is -3.95. The number of para-hydroxylation sites is 2. The van der Waals surface area contributed by atoms with Crippen LogP contribution in [0.5, 0.6) is 0 Å². The maximum Gasteiger partial charge on any atom is 0.317 e. The molecule has 0 atom stereocenters. The molecule has 1 aliphatic rings. The number of carbonyl (C=O) groups is 1. The van der Waals surface area contributed by atoms with Gasteiger partial charge in [-0.05, 0) is 17.2 Å². The summed E-state index contributed by atoms with van der Waals surface area (Å²) in [5, 5.41) is 18.3. The van der Waals surface area contributed by atoms with Gasteiger partial charge in [0.2, 0.25) is 0 Å². The number of piperazine rings is 1. The highest BCUT2D eigenvalue weighted by atomic mass is 16.6. The Morgan fingerprint density at radius 1 is 1.03 bits per heavy atom. The fraction of sp³-hybridized carbons (Fsp3) is 0.286. The number of rotatable bonds is 6. The lowest BCUT2D eigenvalue weighted by atomic mass is 10.1. The molecule has 1 N–H and O–H groups in total. The average Bonchev–Trinajstić information content (AvgIpc) is 3.31. The van der Waals surface area contributed by atoms with Crippen LogP contribution < -0.4 is 10.2 Å². The largest absolute Gasteiger partial charge is 0.362 e. The Morgan fingerprint density at radius 2 is 1.74 bits per heavy atom. The van der Waals surface area contributed by atoms with Crippen molar-refractivity contribution >= 4 is 17.4 Å². The van der Waals surface area contributed by atoms with Gasteiger partial charge in [0.25, 0.3) is 5.69 Å². The molecule has 0 spiro atoms. The van der Waals surface area contributed by atoms with Crippen molar-refractivity contribution in [2.45, 2.75) is 13.1 Å². The number of carbonyl (C=O) groups excluding carboxylic acids is 1. The van der Waals surface area contributed by atoms with Crippen molar-refractivity contribution in [1.29, 1.82) is 0 Å². The molecule has 0 bridgehead atoms. The summed E-state index contributed by atoms with van der Waals surface area (Å²) in [7, 11) is 0. The molecule has 0 aliphatic carbocycles. The van der Waals surface area contributed by atoms with E-state index in [0.29, 0.717) is 45.0 Å². The van der Waals surface area contributed by atoms with Crippen LogP contribution in [-0.2, 0) is 13.1 Å². The highest BCUT2D eigenvalue weighted by Gasteiger charge is 2.25. The Balaban J connectivity index is 1.26. The summed E-state index contributed by atoms with van der Waals surface area (Å²) in [6.45, 7) is 3.21. The Morgan fingerprint density at radius 3 is 2.42 bits per heavy atom. The molecule has 10 nitrogen and oxygen atoms in total. The van der Waals surface area contributed by atoms with E-state index in [1.807, 2.05) is 29.2 Å². The molecule has 1 fully saturated rings. The molecule has 3 aromatic rings. The number of anilines is 1. The van der Waals surface area contributed by atoms with Crippen molar-refractivity contribution in [3.05, 3.63) is 82.4 Å². The fourth-order valence-electron chi connectivity index (χ4n) is 3.59. The zero-order chi connectivity index (χ0) is 21.6. The number of nitro groups is 1. The first kappa shape index (κ1) is 20.3. The van der Waals surface area contributed by atoms with Gasteiger partial charge in [-0.3, -0.25) is 10.1 Å². The predicted molar refractivity (Wildman–Crippen MR) is 115 cm³/mol. The quantitative estimate of drug-likeness (QED) is 0.483. The van der Waals surface area contributed by atoms with Gasteiger partial charge in [-0.15, -0.1) is 0 Å². The number of nitro benzene ring substituents is 1. The summed E-state index contributed by atoms with van der Waals surface area (Å²) in [6.07, 6.45) is 3.18. The number of hydrogen-bond donors (Lipinski definition) is 1. The summed E-state index contributed by atoms with van der Waals surface area (Å²) >= 11 is 0. The Labute approximate surface area is 179 Å². The molecule has 2 amide bonds. The van der Waals surface area contributed by atoms with Crippen LogP contribution in [0.2, 0.25) is 0 Å². The molecule has 0 radical (unpaired) electrons. The zero-order valence-corrected chi connectivity index (χ0v) is 16.9. The van der Waals surface area contributed by atoms with Crippen molar-refractivity contribution in [2.24, 2.45) is 0 Å². The molecule has 2 aromatic carbocycles. The SMILES string of the molecule is O=C(NCc1ccc(Cn2cncn2)cc1)N1CCN(c2ccccc2[N+](=O)[O-])CC1. The standard InChI is InChI=1S/C21H23N7O3/c29-21(23-13-17-5-7-18(8-6-17)14-27-16-22-15-24-27)26-11-9-25(10-12-26)19-3-1-2-4-20(19)28(30)31/h1-8,15-16H,9-14H2,(H,23,29). The number of aromatic nitrogens is 3. The highest BCUT2D eigenvalue weighted by molar-refractivity contribution is 5.74. The first-order chi connectivity index (χ1) is 15.1. The third-order valence-electron chi connectivity index (χ3n) is 5.26. The molecule has 1 aliphatic heterocycles. The van der Waals surface area contributed by atoms with Crippen molar-refractivity contribution in [1.82, 2.24) is 25.0 Å². The molecular weight excluding hydrogens is 398 g/mol. The maximum atomic E-state index is 12.5. The maximum absolute atomic E-state index is 12.5. The van der Waals surface area contributed by atoms with Gasteiger partial charge in [-0.2, -0.15) is 5.10 Å². The van der Waals surface area contributed by atoms with Gasteiger partial charge in [0.1, 0.15) is 18.3 Å². The van der Waals surface area contributed by atoms with Crippen LogP contribution in [0.4, 0.5) is 16.2 Å². The second-order valence-corrected chi connectivity index (χ2v) is 7.29. The van der Waals surface area contributed by atoms with E-state index in [2.05, 4.69) is 15.4 Å². The zero-order valence-electron chi connectivity index (χ0n) is 16.9. The third-order valence-corrected chi connectivity index (χ3v) is 5.26. The molecule has 10 heteroatoms. The van der Waals surface area contributed by atoms with Crippen molar-refractivity contribution in [2.75, 3.05) is 31.1 Å². The van der Waals surface area contributed by atoms with Crippen LogP contribution in [0.25, 0.3) is 0 Å². The molecule has 1 saturated heterocycles. The smallest absolute Gasteiger partial charge is 0.317 e. The number of amides is 2. The minimum Gasteiger partial charge on any atom is -0.362 e. The first-order valence-corrected chi connectivity index (χ1v) is 10.0. The lowest BCUT2D eigenvalue weighted by Crippen LogP contribution is -2.51. The molecule has 31 heavy (non-hydrogen) atoms. The van der Waals surface area contributed by atoms with E-state index in [9.17, 15) is 14.9 Å². The van der Waals surface area contributed by atoms with Gasteiger partial charge in [-0.25, -0.2) is 14.5 Å². The van der Waals surface area contributed by atoms with Gasteiger partial charge < -0.3 is 15.1 Å². The minimum absolute atomic E-state index is 0.0904. The third kappa shape index (κ3) is 4.97. The van der Waals surface area contributed by atoms with Crippen LogP contribution in [0.1, 0.15) is 11.1 Å². The van der Waals surface area contributed by atoms with E-state index in [1.54, 1.807) is 34.1 Å². The van der Waals surface area contributed by atoms with E-state index in [0.717, 1.165) is 11.1 Å². The highest BCUT2D eigenvalue weighted by Crippen LogP contribution is 2.28. The van der Waals surface area contributed by atoms with Crippen LogP contribution in [-0.4, -0.2) is 56.8 Å². The van der Waals surface area contributed by atoms with Gasteiger partial charge in [0, 0.05) is 38.8 Å². The topological polar surface area (TPSA) is 109 Å². The van der Waals surface area contributed by atoms with Gasteiger partial charge in [0.05, 0.1) is 11.5 Å². The summed E-state index contributed by atoms with van der Waals surface area (Å²) in [4.78, 5) is 31.0. The molecule has 2 heterocycles. The summed E-state index contributed by atoms with van der Waals surface area (Å²) < 4.78 is 1.75. The first-order valence-electron chi connectivity index (χ1n) is 10.0. The summed E-state index contributed by atoms with van der Waals surface area (Å²) in [6, 6.07) is 14.6. The molecule has 0 unspecified atom stereocenters. The fourth-order valence-corrected chi connectivity index (χ4v) is 3.59. The van der Waals surface area contributed by atoms with Crippen molar-refractivity contribution in [3.63, 3.8) is 0 Å². The molecule has 4 rings (SSSR count). The predicted octanol–water partition coefficient (Wildman–Crippen LogP) is 2.27. The molecule has 1 aromatic heterocycles. The lowest BCUT2D eigenvalue weighted by molar-refractivity contribution is -0.384. The Kier molecular flexibility index (Phi) is 6.06. The molecule has 160 valence electrons. The van der Waals surface area contributed by atoms with Crippen LogP contribution in [0, 0.1) is 10.1 Å². The monoisotopic (exact) mass is 421 g/mol. The average molecular weight is 421 g/mol. The summed E-state index contributed by atoms with van der Waals surface area (Å²) in [5.74, 6) is 0. The van der Waals surface area contributed by atoms with E-state index in [1.165, 1.54) is 12.4 Å².